The van der Waals surface area contributed by atoms with Crippen LogP contribution < -0.4 is 5.73 Å². The molecule has 3 unspecified atom stereocenters. The molecule has 108 valence electrons. The Bertz CT molecular complexity index is 415. The second-order valence-corrected chi connectivity index (χ2v) is 6.21. The Labute approximate surface area is 115 Å². The van der Waals surface area contributed by atoms with Crippen molar-refractivity contribution in [1.29, 1.82) is 0 Å². The van der Waals surface area contributed by atoms with Crippen LogP contribution in [0.4, 0.5) is 0 Å². The molecule has 0 bridgehead atoms. The molecule has 1 heterocycles. The van der Waals surface area contributed by atoms with Crippen molar-refractivity contribution in [3.05, 3.63) is 5.82 Å². The Morgan fingerprint density at radius 3 is 2.79 bits per heavy atom. The van der Waals surface area contributed by atoms with Gasteiger partial charge in [-0.05, 0) is 38.1 Å². The van der Waals surface area contributed by atoms with Crippen molar-refractivity contribution in [3.8, 4) is 0 Å². The number of tetrazole rings is 1. The van der Waals surface area contributed by atoms with E-state index in [1.54, 1.807) is 7.05 Å². The van der Waals surface area contributed by atoms with E-state index in [4.69, 9.17) is 5.73 Å². The maximum Gasteiger partial charge on any atom is 0.176 e. The summed E-state index contributed by atoms with van der Waals surface area (Å²) in [4.78, 5) is 3.80. The highest BCUT2D eigenvalue weighted by atomic mass is 15.6. The van der Waals surface area contributed by atoms with Crippen LogP contribution in [0, 0.1) is 5.92 Å². The van der Waals surface area contributed by atoms with E-state index in [1.807, 2.05) is 0 Å². The molecule has 0 amide bonds. The highest BCUT2D eigenvalue weighted by Crippen LogP contribution is 2.38. The number of aromatic nitrogens is 4. The van der Waals surface area contributed by atoms with Crippen molar-refractivity contribution in [2.24, 2.45) is 18.7 Å². The highest BCUT2D eigenvalue weighted by molar-refractivity contribution is 5.03. The molecule has 1 aromatic heterocycles. The molecule has 0 spiro atoms. The van der Waals surface area contributed by atoms with Crippen LogP contribution in [0.1, 0.15) is 38.4 Å². The van der Waals surface area contributed by atoms with E-state index in [9.17, 15) is 0 Å². The third-order valence-corrected chi connectivity index (χ3v) is 4.54. The van der Waals surface area contributed by atoms with Gasteiger partial charge < -0.3 is 10.6 Å². The summed E-state index contributed by atoms with van der Waals surface area (Å²) in [5.74, 6) is 1.48. The average molecular weight is 266 g/mol. The Kier molecular flexibility index (Phi) is 4.20. The van der Waals surface area contributed by atoms with Crippen LogP contribution in [0.2, 0.25) is 0 Å². The number of likely N-dealkylation sites (N-methyl/N-ethyl adjacent to an activating group) is 1. The summed E-state index contributed by atoms with van der Waals surface area (Å²) in [7, 11) is 6.07. The van der Waals surface area contributed by atoms with Crippen LogP contribution in [0.3, 0.4) is 0 Å². The van der Waals surface area contributed by atoms with Gasteiger partial charge in [-0.15, -0.1) is 10.2 Å². The monoisotopic (exact) mass is 266 g/mol. The summed E-state index contributed by atoms with van der Waals surface area (Å²) in [5.41, 5.74) is 6.60. The smallest absolute Gasteiger partial charge is 0.176 e. The quantitative estimate of drug-likeness (QED) is 0.863. The van der Waals surface area contributed by atoms with Crippen molar-refractivity contribution in [3.63, 3.8) is 0 Å². The average Bonchev–Trinajstić information content (AvgIpc) is 2.74. The number of nitrogens with two attached hydrogens (primary N) is 1. The standard InChI is InChI=1S/C13H26N6/c1-10-6-5-7-13(9-10,18(2)3)11(14)8-12-15-17-19(4)16-12/h10-11H,5-9,14H2,1-4H3. The van der Waals surface area contributed by atoms with Gasteiger partial charge in [-0.2, -0.15) is 4.80 Å². The summed E-state index contributed by atoms with van der Waals surface area (Å²) in [6, 6.07) is 0.0504. The van der Waals surface area contributed by atoms with Gasteiger partial charge in [0.05, 0.1) is 7.05 Å². The van der Waals surface area contributed by atoms with Gasteiger partial charge in [-0.1, -0.05) is 19.8 Å². The topological polar surface area (TPSA) is 72.9 Å². The van der Waals surface area contributed by atoms with Crippen LogP contribution in [0.25, 0.3) is 0 Å². The third kappa shape index (κ3) is 2.95. The lowest BCUT2D eigenvalue weighted by Gasteiger charge is -2.48. The molecule has 0 saturated heterocycles. The van der Waals surface area contributed by atoms with Crippen molar-refractivity contribution in [1.82, 2.24) is 25.1 Å². The molecule has 0 radical (unpaired) electrons. The lowest BCUT2D eigenvalue weighted by molar-refractivity contribution is 0.0498. The van der Waals surface area contributed by atoms with Gasteiger partial charge in [-0.3, -0.25) is 0 Å². The van der Waals surface area contributed by atoms with Crippen LogP contribution in [0.15, 0.2) is 0 Å². The summed E-state index contributed by atoms with van der Waals surface area (Å²) < 4.78 is 0. The molecule has 1 aromatic rings. The summed E-state index contributed by atoms with van der Waals surface area (Å²) in [6.45, 7) is 2.32. The zero-order valence-corrected chi connectivity index (χ0v) is 12.5. The summed E-state index contributed by atoms with van der Waals surface area (Å²) >= 11 is 0. The molecule has 1 aliphatic carbocycles. The molecule has 1 saturated carbocycles. The zero-order chi connectivity index (χ0) is 14.0. The van der Waals surface area contributed by atoms with Crippen molar-refractivity contribution in [2.45, 2.75) is 50.6 Å². The van der Waals surface area contributed by atoms with Crippen molar-refractivity contribution in [2.75, 3.05) is 14.1 Å². The van der Waals surface area contributed by atoms with Crippen LogP contribution >= 0.6 is 0 Å². The predicted molar refractivity (Wildman–Crippen MR) is 74.5 cm³/mol. The van der Waals surface area contributed by atoms with Gasteiger partial charge in [0.1, 0.15) is 0 Å². The first-order valence-electron chi connectivity index (χ1n) is 7.10. The molecule has 0 aliphatic heterocycles. The molecule has 3 atom stereocenters. The largest absolute Gasteiger partial charge is 0.326 e. The maximum atomic E-state index is 6.53. The first-order valence-corrected chi connectivity index (χ1v) is 7.10. The number of rotatable bonds is 4. The summed E-state index contributed by atoms with van der Waals surface area (Å²) in [5, 5.41) is 12.2. The zero-order valence-electron chi connectivity index (χ0n) is 12.5. The molecular formula is C13H26N6. The molecule has 19 heavy (non-hydrogen) atoms. The van der Waals surface area contributed by atoms with Gasteiger partial charge in [0.2, 0.25) is 0 Å². The lowest BCUT2D eigenvalue weighted by atomic mass is 9.70. The van der Waals surface area contributed by atoms with Gasteiger partial charge in [0.15, 0.2) is 5.82 Å². The Balaban J connectivity index is 2.14. The summed E-state index contributed by atoms with van der Waals surface area (Å²) in [6.07, 6.45) is 5.57. The molecule has 1 aliphatic rings. The van der Waals surface area contributed by atoms with Gasteiger partial charge in [0, 0.05) is 18.0 Å². The SMILES string of the molecule is CC1CCCC(C(N)Cc2nnn(C)n2)(N(C)C)C1. The Hall–Kier alpha value is -1.01. The van der Waals surface area contributed by atoms with Gasteiger partial charge in [0.25, 0.3) is 0 Å². The van der Waals surface area contributed by atoms with Gasteiger partial charge in [-0.25, -0.2) is 0 Å². The first kappa shape index (κ1) is 14.4. The first-order chi connectivity index (χ1) is 8.94. The van der Waals surface area contributed by atoms with E-state index >= 15 is 0 Å². The second kappa shape index (κ2) is 5.54. The third-order valence-electron chi connectivity index (χ3n) is 4.54. The predicted octanol–water partition coefficient (Wildman–Crippen LogP) is 0.590. The molecule has 6 nitrogen and oxygen atoms in total. The van der Waals surface area contributed by atoms with Crippen molar-refractivity contribution < 1.29 is 0 Å². The van der Waals surface area contributed by atoms with E-state index in [1.165, 1.54) is 17.6 Å². The number of hydrogen-bond donors (Lipinski definition) is 1. The van der Waals surface area contributed by atoms with Gasteiger partial charge >= 0.3 is 0 Å². The minimum absolute atomic E-state index is 0.0504. The molecule has 0 aromatic carbocycles. The fourth-order valence-electron chi connectivity index (χ4n) is 3.43. The maximum absolute atomic E-state index is 6.53. The lowest BCUT2D eigenvalue weighted by Crippen LogP contribution is -2.60. The van der Waals surface area contributed by atoms with Crippen LogP contribution in [-0.4, -0.2) is 50.8 Å². The van der Waals surface area contributed by atoms with E-state index in [0.29, 0.717) is 6.42 Å². The van der Waals surface area contributed by atoms with Crippen LogP contribution in [-0.2, 0) is 13.5 Å². The number of aryl methyl sites for hydroxylation is 1. The fraction of sp³-hybridized carbons (Fsp3) is 0.923. The van der Waals surface area contributed by atoms with E-state index < -0.39 is 0 Å². The second-order valence-electron chi connectivity index (χ2n) is 6.21. The Morgan fingerprint density at radius 2 is 2.26 bits per heavy atom. The minimum Gasteiger partial charge on any atom is -0.326 e. The van der Waals surface area contributed by atoms with E-state index in [2.05, 4.69) is 41.3 Å². The minimum atomic E-state index is 0.0504. The van der Waals surface area contributed by atoms with E-state index in [-0.39, 0.29) is 11.6 Å². The highest BCUT2D eigenvalue weighted by Gasteiger charge is 2.42. The Morgan fingerprint density at radius 1 is 1.53 bits per heavy atom. The molecule has 2 N–H and O–H groups in total. The molecule has 6 heteroatoms. The van der Waals surface area contributed by atoms with E-state index in [0.717, 1.165) is 24.6 Å². The molecule has 1 fully saturated rings. The number of hydrogen-bond acceptors (Lipinski definition) is 5. The molecule has 2 rings (SSSR count). The fourth-order valence-corrected chi connectivity index (χ4v) is 3.43. The van der Waals surface area contributed by atoms with Crippen LogP contribution in [0.5, 0.6) is 0 Å². The normalized spacial score (nSPS) is 29.7. The molecular weight excluding hydrogens is 240 g/mol. The number of nitrogens with zero attached hydrogens (tertiary/aromatic N) is 5. The van der Waals surface area contributed by atoms with Crippen molar-refractivity contribution >= 4 is 0 Å².